The van der Waals surface area contributed by atoms with E-state index in [4.69, 9.17) is 16.3 Å². The fourth-order valence-electron chi connectivity index (χ4n) is 4.14. The summed E-state index contributed by atoms with van der Waals surface area (Å²) in [4.78, 5) is 27.8. The van der Waals surface area contributed by atoms with Crippen LogP contribution in [0.4, 0.5) is 10.1 Å². The maximum atomic E-state index is 13.9. The van der Waals surface area contributed by atoms with Gasteiger partial charge in [-0.15, -0.1) is 0 Å². The predicted molar refractivity (Wildman–Crippen MR) is 134 cm³/mol. The van der Waals surface area contributed by atoms with Gasteiger partial charge in [-0.3, -0.25) is 14.5 Å². The molecule has 0 spiro atoms. The number of benzene rings is 3. The number of carbonyl (C=O) groups is 2. The third kappa shape index (κ3) is 4.54. The Bertz CT molecular complexity index is 1340. The van der Waals surface area contributed by atoms with Crippen molar-refractivity contribution in [1.82, 2.24) is 0 Å². The highest BCUT2D eigenvalue weighted by Gasteiger charge is 2.47. The van der Waals surface area contributed by atoms with E-state index in [1.807, 2.05) is 24.3 Å². The van der Waals surface area contributed by atoms with E-state index in [0.717, 1.165) is 11.6 Å². The van der Waals surface area contributed by atoms with Gasteiger partial charge in [-0.05, 0) is 46.9 Å². The molecule has 1 fully saturated rings. The van der Waals surface area contributed by atoms with Crippen molar-refractivity contribution in [2.24, 2.45) is 0 Å². The Morgan fingerprint density at radius 1 is 1.03 bits per heavy atom. The molecule has 1 atom stereocenters. The van der Waals surface area contributed by atoms with Crippen molar-refractivity contribution in [2.75, 3.05) is 12.0 Å². The number of halogens is 2. The smallest absolute Gasteiger partial charge is 0.300 e. The van der Waals surface area contributed by atoms with E-state index in [0.29, 0.717) is 16.9 Å². The number of rotatable bonds is 4. The molecule has 4 rings (SSSR count). The van der Waals surface area contributed by atoms with Crippen molar-refractivity contribution in [3.05, 3.63) is 99.8 Å². The SMILES string of the molecule is COc1cccc(/C(O)=C2\C(=O)C(=O)N(c3ccc(F)c(Cl)c3)C2c2ccc(C(C)(C)C)cc2)c1. The van der Waals surface area contributed by atoms with Gasteiger partial charge >= 0.3 is 0 Å². The molecule has 1 heterocycles. The molecule has 1 saturated heterocycles. The number of amides is 1. The minimum atomic E-state index is -0.947. The molecule has 1 aliphatic heterocycles. The summed E-state index contributed by atoms with van der Waals surface area (Å²) < 4.78 is 19.1. The monoisotopic (exact) mass is 493 g/mol. The quantitative estimate of drug-likeness (QED) is 0.259. The van der Waals surface area contributed by atoms with Crippen molar-refractivity contribution >= 4 is 34.7 Å². The van der Waals surface area contributed by atoms with Crippen molar-refractivity contribution in [3.63, 3.8) is 0 Å². The summed E-state index contributed by atoms with van der Waals surface area (Å²) in [6.45, 7) is 6.24. The van der Waals surface area contributed by atoms with E-state index in [9.17, 15) is 19.1 Å². The molecular formula is C28H25ClFNO4. The lowest BCUT2D eigenvalue weighted by atomic mass is 9.85. The van der Waals surface area contributed by atoms with Crippen LogP contribution in [0, 0.1) is 5.82 Å². The third-order valence-corrected chi connectivity index (χ3v) is 6.35. The number of carbonyl (C=O) groups excluding carboxylic acids is 2. The average Bonchev–Trinajstić information content (AvgIpc) is 3.10. The molecule has 35 heavy (non-hydrogen) atoms. The van der Waals surface area contributed by atoms with Gasteiger partial charge in [-0.2, -0.15) is 0 Å². The molecule has 0 aromatic heterocycles. The summed E-state index contributed by atoms with van der Waals surface area (Å²) in [6, 6.07) is 17.0. The number of Topliss-reactive ketones (excluding diaryl/α,β-unsaturated/α-hetero) is 1. The van der Waals surface area contributed by atoms with Gasteiger partial charge in [-0.1, -0.05) is 68.8 Å². The van der Waals surface area contributed by atoms with E-state index in [1.54, 1.807) is 24.3 Å². The molecule has 0 saturated carbocycles. The number of aliphatic hydroxyl groups is 1. The maximum Gasteiger partial charge on any atom is 0.300 e. The van der Waals surface area contributed by atoms with E-state index in [1.165, 1.54) is 24.1 Å². The van der Waals surface area contributed by atoms with Crippen LogP contribution in [-0.4, -0.2) is 23.9 Å². The summed E-state index contributed by atoms with van der Waals surface area (Å²) >= 11 is 6.00. The Kier molecular flexibility index (Phi) is 6.43. The van der Waals surface area contributed by atoms with Crippen LogP contribution >= 0.6 is 11.6 Å². The summed E-state index contributed by atoms with van der Waals surface area (Å²) in [6.07, 6.45) is 0. The topological polar surface area (TPSA) is 66.8 Å². The normalized spacial score (nSPS) is 17.7. The zero-order valence-electron chi connectivity index (χ0n) is 19.8. The molecule has 3 aromatic carbocycles. The molecule has 180 valence electrons. The number of aliphatic hydroxyl groups excluding tert-OH is 1. The molecule has 0 radical (unpaired) electrons. The number of ether oxygens (including phenoxy) is 1. The van der Waals surface area contributed by atoms with E-state index in [2.05, 4.69) is 20.8 Å². The fourth-order valence-corrected chi connectivity index (χ4v) is 4.32. The minimum Gasteiger partial charge on any atom is -0.507 e. The molecule has 1 amide bonds. The minimum absolute atomic E-state index is 0.0767. The first-order chi connectivity index (χ1) is 16.5. The van der Waals surface area contributed by atoms with E-state index < -0.39 is 23.5 Å². The largest absolute Gasteiger partial charge is 0.507 e. The molecular weight excluding hydrogens is 469 g/mol. The molecule has 1 aliphatic rings. The number of nitrogens with zero attached hydrogens (tertiary/aromatic N) is 1. The highest BCUT2D eigenvalue weighted by Crippen LogP contribution is 2.43. The Morgan fingerprint density at radius 2 is 1.71 bits per heavy atom. The lowest BCUT2D eigenvalue weighted by Gasteiger charge is -2.27. The number of anilines is 1. The molecule has 0 aliphatic carbocycles. The first-order valence-corrected chi connectivity index (χ1v) is 11.4. The average molecular weight is 494 g/mol. The lowest BCUT2D eigenvalue weighted by Crippen LogP contribution is -2.29. The van der Waals surface area contributed by atoms with Gasteiger partial charge in [0.15, 0.2) is 0 Å². The zero-order chi connectivity index (χ0) is 25.5. The van der Waals surface area contributed by atoms with Crippen LogP contribution in [0.5, 0.6) is 5.75 Å². The molecule has 3 aromatic rings. The summed E-state index contributed by atoms with van der Waals surface area (Å²) in [5.41, 5.74) is 2.07. The molecule has 0 bridgehead atoms. The highest BCUT2D eigenvalue weighted by molar-refractivity contribution is 6.51. The maximum absolute atomic E-state index is 13.9. The Labute approximate surface area is 208 Å². The van der Waals surface area contributed by atoms with Crippen LogP contribution in [0.2, 0.25) is 5.02 Å². The van der Waals surface area contributed by atoms with Gasteiger partial charge < -0.3 is 9.84 Å². The predicted octanol–water partition coefficient (Wildman–Crippen LogP) is 6.41. The number of methoxy groups -OCH3 is 1. The lowest BCUT2D eigenvalue weighted by molar-refractivity contribution is -0.132. The van der Waals surface area contributed by atoms with Crippen molar-refractivity contribution < 1.29 is 23.8 Å². The van der Waals surface area contributed by atoms with Crippen LogP contribution < -0.4 is 9.64 Å². The second-order valence-electron chi connectivity index (χ2n) is 9.37. The fraction of sp³-hybridized carbons (Fsp3) is 0.214. The molecule has 5 nitrogen and oxygen atoms in total. The van der Waals surface area contributed by atoms with Crippen LogP contribution in [0.15, 0.2) is 72.3 Å². The third-order valence-electron chi connectivity index (χ3n) is 6.06. The van der Waals surface area contributed by atoms with Gasteiger partial charge in [0.2, 0.25) is 0 Å². The molecule has 7 heteroatoms. The van der Waals surface area contributed by atoms with Gasteiger partial charge in [0.25, 0.3) is 11.7 Å². The van der Waals surface area contributed by atoms with Gasteiger partial charge in [0.1, 0.15) is 17.3 Å². The first kappa shape index (κ1) is 24.5. The van der Waals surface area contributed by atoms with Crippen molar-refractivity contribution in [3.8, 4) is 5.75 Å². The van der Waals surface area contributed by atoms with E-state index in [-0.39, 0.29) is 27.5 Å². The second-order valence-corrected chi connectivity index (χ2v) is 9.78. The second kappa shape index (κ2) is 9.19. The zero-order valence-corrected chi connectivity index (χ0v) is 20.6. The highest BCUT2D eigenvalue weighted by atomic mass is 35.5. The van der Waals surface area contributed by atoms with Crippen molar-refractivity contribution in [2.45, 2.75) is 32.2 Å². The number of ketones is 1. The summed E-state index contributed by atoms with van der Waals surface area (Å²) in [5.74, 6) is -2.19. The number of hydrogen-bond acceptors (Lipinski definition) is 4. The van der Waals surface area contributed by atoms with Crippen LogP contribution in [0.25, 0.3) is 5.76 Å². The van der Waals surface area contributed by atoms with Gasteiger partial charge in [0, 0.05) is 11.3 Å². The summed E-state index contributed by atoms with van der Waals surface area (Å²) in [5, 5.41) is 11.1. The number of hydrogen-bond donors (Lipinski definition) is 1. The Balaban J connectivity index is 1.94. The first-order valence-electron chi connectivity index (χ1n) is 11.0. The van der Waals surface area contributed by atoms with Gasteiger partial charge in [-0.25, -0.2) is 4.39 Å². The molecule has 1 N–H and O–H groups in total. The standard InChI is InChI=1S/C28H25ClFNO4/c1-28(2,3)18-10-8-16(9-11-18)24-23(25(32)17-6-5-7-20(14-17)35-4)26(33)27(34)31(24)19-12-13-22(30)21(29)15-19/h5-15,24,32H,1-4H3/b25-23+. The van der Waals surface area contributed by atoms with Crippen LogP contribution in [0.3, 0.4) is 0 Å². The Morgan fingerprint density at radius 3 is 2.31 bits per heavy atom. The van der Waals surface area contributed by atoms with Crippen LogP contribution in [-0.2, 0) is 15.0 Å². The van der Waals surface area contributed by atoms with Gasteiger partial charge in [0.05, 0.1) is 23.7 Å². The van der Waals surface area contributed by atoms with E-state index >= 15 is 0 Å². The Hall–Kier alpha value is -3.64. The van der Waals surface area contributed by atoms with Crippen molar-refractivity contribution in [1.29, 1.82) is 0 Å². The molecule has 1 unspecified atom stereocenters. The summed E-state index contributed by atoms with van der Waals surface area (Å²) in [7, 11) is 1.49. The van der Waals surface area contributed by atoms with Crippen LogP contribution in [0.1, 0.15) is 43.5 Å².